The highest BCUT2D eigenvalue weighted by molar-refractivity contribution is 14.1. The van der Waals surface area contributed by atoms with Crippen LogP contribution in [0.1, 0.15) is 99.4 Å². The first-order chi connectivity index (χ1) is 46.0. The van der Waals surface area contributed by atoms with Gasteiger partial charge in [0.1, 0.15) is 5.75 Å². The number of hydrogen-bond donors (Lipinski definition) is 6. The van der Waals surface area contributed by atoms with Gasteiger partial charge >= 0.3 is 17.9 Å². The van der Waals surface area contributed by atoms with E-state index in [1.807, 2.05) is 21.9 Å². The zero-order valence-electron chi connectivity index (χ0n) is 54.5. The molecular formula is C66H91F2IN12O14S. The van der Waals surface area contributed by atoms with Crippen LogP contribution in [0.4, 0.5) is 8.78 Å². The van der Waals surface area contributed by atoms with Gasteiger partial charge in [-0.2, -0.15) is 0 Å². The average molecular weight is 1470 g/mol. The SMILES string of the molecule is C/N=C/[C@H]1CC(F)(F)CN1C(=O)CNC(=O)c1ccnc2ccc(OCCCC3CCN(C(=O)CCCN4C(=O)CC(SCC(CCCCNC(=O)CCCc5ccc(I)cc5)NC(=O)CN5CCN(CC(=O)O)CCN(CC(=O)O)CCN(CC(=O)O)CC5)C4=O)CC3)cc12. The second kappa shape index (κ2) is 38.8. The Labute approximate surface area is 576 Å². The molecule has 1 aromatic heterocycles. The number of carboxylic acids is 3. The second-order valence-corrected chi connectivity index (χ2v) is 27.5. The predicted molar refractivity (Wildman–Crippen MR) is 364 cm³/mol. The summed E-state index contributed by atoms with van der Waals surface area (Å²) in [4.78, 5) is 148. The molecule has 2 unspecified atom stereocenters. The van der Waals surface area contributed by atoms with Gasteiger partial charge in [-0.3, -0.25) is 82.4 Å². The molecule has 0 saturated carbocycles. The Balaban J connectivity index is 0.850. The van der Waals surface area contributed by atoms with Crippen LogP contribution < -0.4 is 20.7 Å². The van der Waals surface area contributed by atoms with Crippen molar-refractivity contribution < 1.29 is 76.8 Å². The number of piperidine rings is 1. The highest BCUT2D eigenvalue weighted by Crippen LogP contribution is 2.32. The van der Waals surface area contributed by atoms with Crippen LogP contribution in [0.3, 0.4) is 0 Å². The van der Waals surface area contributed by atoms with E-state index in [-0.39, 0.29) is 139 Å². The van der Waals surface area contributed by atoms with Crippen LogP contribution >= 0.6 is 34.4 Å². The first-order valence-corrected chi connectivity index (χ1v) is 35.1. The van der Waals surface area contributed by atoms with Gasteiger partial charge in [0, 0.05) is 144 Å². The average Bonchev–Trinajstić information content (AvgIpc) is 1.10. The number of imide groups is 1. The third-order valence-electron chi connectivity index (χ3n) is 17.6. The van der Waals surface area contributed by atoms with Gasteiger partial charge in [0.2, 0.25) is 35.4 Å². The minimum atomic E-state index is -3.05. The number of amides is 7. The molecule has 7 amide bonds. The van der Waals surface area contributed by atoms with Crippen molar-refractivity contribution in [2.24, 2.45) is 10.9 Å². The van der Waals surface area contributed by atoms with E-state index < -0.39 is 72.5 Å². The Hall–Kier alpha value is -7.00. The molecule has 0 spiro atoms. The molecule has 4 saturated heterocycles. The molecule has 96 heavy (non-hydrogen) atoms. The number of hydrogen-bond acceptors (Lipinski definition) is 18. The molecule has 0 aliphatic carbocycles. The monoisotopic (exact) mass is 1470 g/mol. The quantitative estimate of drug-likeness (QED) is 0.0214. The molecule has 5 heterocycles. The lowest BCUT2D eigenvalue weighted by Gasteiger charge is -2.33. The lowest BCUT2D eigenvalue weighted by atomic mass is 9.92. The molecule has 4 aliphatic heterocycles. The van der Waals surface area contributed by atoms with Gasteiger partial charge in [-0.05, 0) is 135 Å². The van der Waals surface area contributed by atoms with Gasteiger partial charge in [0.05, 0.1) is 68.2 Å². The van der Waals surface area contributed by atoms with E-state index in [2.05, 4.69) is 60.7 Å². The van der Waals surface area contributed by atoms with Crippen molar-refractivity contribution in [2.45, 2.75) is 113 Å². The van der Waals surface area contributed by atoms with Crippen LogP contribution in [0.25, 0.3) is 10.9 Å². The number of nitrogens with one attached hydrogen (secondary N) is 3. The smallest absolute Gasteiger partial charge is 0.317 e. The Morgan fingerprint density at radius 2 is 1.40 bits per heavy atom. The van der Waals surface area contributed by atoms with E-state index in [1.165, 1.54) is 42.2 Å². The first-order valence-electron chi connectivity index (χ1n) is 33.0. The second-order valence-electron chi connectivity index (χ2n) is 25.0. The number of rotatable bonds is 34. The number of aliphatic imine (C=N–C) groups is 1. The molecule has 3 aromatic rings. The molecule has 3 atom stereocenters. The van der Waals surface area contributed by atoms with Crippen LogP contribution in [0.5, 0.6) is 5.75 Å². The summed E-state index contributed by atoms with van der Waals surface area (Å²) >= 11 is 3.53. The maximum absolute atomic E-state index is 14.2. The summed E-state index contributed by atoms with van der Waals surface area (Å²) in [5.74, 6) is -7.47. The number of likely N-dealkylation sites (tertiary alicyclic amines) is 3. The lowest BCUT2D eigenvalue weighted by Crippen LogP contribution is -2.50. The fourth-order valence-corrected chi connectivity index (χ4v) is 14.0. The summed E-state index contributed by atoms with van der Waals surface area (Å²) in [5, 5.41) is 37.4. The van der Waals surface area contributed by atoms with Crippen molar-refractivity contribution in [1.29, 1.82) is 0 Å². The summed E-state index contributed by atoms with van der Waals surface area (Å²) in [5.41, 5.74) is 1.93. The number of carboxylic acid groups (broad SMARTS) is 3. The third kappa shape index (κ3) is 25.8. The number of ether oxygens (including phenoxy) is 1. The normalized spacial score (nSPS) is 19.3. The number of aromatic nitrogens is 1. The number of pyridine rings is 1. The molecule has 0 bridgehead atoms. The Morgan fingerprint density at radius 3 is 2.02 bits per heavy atom. The number of fused-ring (bicyclic) bond motifs is 1. The van der Waals surface area contributed by atoms with Crippen molar-refractivity contribution in [1.82, 2.24) is 55.2 Å². The topological polar surface area (TPSA) is 325 Å². The fourth-order valence-electron chi connectivity index (χ4n) is 12.4. The van der Waals surface area contributed by atoms with E-state index in [9.17, 15) is 72.0 Å². The third-order valence-corrected chi connectivity index (χ3v) is 19.7. The zero-order chi connectivity index (χ0) is 69.2. The van der Waals surface area contributed by atoms with E-state index in [0.29, 0.717) is 87.3 Å². The maximum Gasteiger partial charge on any atom is 0.317 e. The number of benzene rings is 2. The van der Waals surface area contributed by atoms with Crippen LogP contribution in [-0.2, 0) is 49.6 Å². The Kier molecular flexibility index (Phi) is 30.9. The highest BCUT2D eigenvalue weighted by atomic mass is 127. The number of halogens is 3. The fraction of sp³-hybridized carbons (Fsp3) is 0.606. The number of alkyl halides is 2. The maximum atomic E-state index is 14.2. The van der Waals surface area contributed by atoms with Crippen molar-refractivity contribution >= 4 is 111 Å². The summed E-state index contributed by atoms with van der Waals surface area (Å²) in [6.07, 6.45) is 9.40. The number of thioether (sulfide) groups is 1. The van der Waals surface area contributed by atoms with Gasteiger partial charge in [0.15, 0.2) is 0 Å². The molecule has 26 nitrogen and oxygen atoms in total. The Morgan fingerprint density at radius 1 is 0.760 bits per heavy atom. The molecule has 6 N–H and O–H groups in total. The minimum Gasteiger partial charge on any atom is -0.494 e. The Bertz CT molecular complexity index is 3150. The molecule has 7 rings (SSSR count). The van der Waals surface area contributed by atoms with E-state index >= 15 is 0 Å². The van der Waals surface area contributed by atoms with E-state index in [1.54, 1.807) is 32.9 Å². The molecule has 2 aromatic carbocycles. The molecule has 0 radical (unpaired) electrons. The highest BCUT2D eigenvalue weighted by Gasteiger charge is 2.46. The van der Waals surface area contributed by atoms with Gasteiger partial charge in [-0.25, -0.2) is 8.78 Å². The number of unbranched alkanes of at least 4 members (excludes halogenated alkanes) is 1. The molecular weight excluding hydrogens is 1380 g/mol. The standard InChI is InChI=1S/C66H91F2IN12O14S/c1-70-38-50-37-66(67,68)45-81(50)60(86)39-73-64(93)52-18-22-71-54-17-16-51(35-53(52)54)95-34-6-8-47-19-24-79(25-20-47)58(84)11-5-23-80-59(85)36-55(65(80)94)96-44-49(9-2-3-21-72-56(82)10-4-7-46-12-14-48(69)15-13-46)74-57(83)40-75-26-28-76(41-61(87)88)30-32-78(43-63(91)92)33-31-77(29-27-75)42-62(89)90/h12-18,22,35,38,47,49-50,55H,2-11,19-21,23-34,36-37,39-45H2,1H3,(H,72,82)(H,73,93)(H,74,83)(H,87,88)(H,89,90)(H,91,92)/b70-38+/t49?,50-,55?/m1/s1. The predicted octanol–water partition coefficient (Wildman–Crippen LogP) is 3.81. The number of carbonyl (C=O) groups is 10. The van der Waals surface area contributed by atoms with E-state index in [4.69, 9.17) is 4.74 Å². The summed E-state index contributed by atoms with van der Waals surface area (Å²) in [6.45, 7) is 1.62. The van der Waals surface area contributed by atoms with Gasteiger partial charge < -0.3 is 45.8 Å². The summed E-state index contributed by atoms with van der Waals surface area (Å²) in [6, 6.07) is 13.6. The number of nitrogens with zero attached hydrogens (tertiary/aromatic N) is 9. The molecule has 4 aliphatic rings. The lowest BCUT2D eigenvalue weighted by molar-refractivity contribution is -0.140. The van der Waals surface area contributed by atoms with Gasteiger partial charge in [0.25, 0.3) is 11.8 Å². The van der Waals surface area contributed by atoms with Crippen LogP contribution in [0, 0.1) is 9.49 Å². The summed E-state index contributed by atoms with van der Waals surface area (Å²) in [7, 11) is 1.44. The molecule has 526 valence electrons. The zero-order valence-corrected chi connectivity index (χ0v) is 57.5. The van der Waals surface area contributed by atoms with Crippen molar-refractivity contribution in [3.05, 3.63) is 69.4 Å². The van der Waals surface area contributed by atoms with Crippen LogP contribution in [0.2, 0.25) is 0 Å². The first kappa shape index (κ1) is 76.4. The minimum absolute atomic E-state index is 0.0381. The number of aliphatic carboxylic acids is 3. The number of aryl methyl sites for hydroxylation is 1. The summed E-state index contributed by atoms with van der Waals surface area (Å²) < 4.78 is 35.5. The van der Waals surface area contributed by atoms with E-state index in [0.717, 1.165) is 46.1 Å². The van der Waals surface area contributed by atoms with Crippen molar-refractivity contribution in [3.63, 3.8) is 0 Å². The number of carbonyl (C=O) groups excluding carboxylic acids is 7. The van der Waals surface area contributed by atoms with Crippen LogP contribution in [-0.4, -0.2) is 281 Å². The molecule has 30 heteroatoms. The van der Waals surface area contributed by atoms with Crippen molar-refractivity contribution in [3.8, 4) is 5.75 Å². The largest absolute Gasteiger partial charge is 0.494 e. The van der Waals surface area contributed by atoms with Crippen LogP contribution in [0.15, 0.2) is 59.7 Å². The molecule has 4 fully saturated rings. The van der Waals surface area contributed by atoms with Crippen molar-refractivity contribution in [2.75, 3.05) is 137 Å². The van der Waals surface area contributed by atoms with Gasteiger partial charge in [-0.1, -0.05) is 12.1 Å². The van der Waals surface area contributed by atoms with Gasteiger partial charge in [-0.15, -0.1) is 11.8 Å².